The lowest BCUT2D eigenvalue weighted by Crippen LogP contribution is -2.08. The second-order valence-electron chi connectivity index (χ2n) is 4.11. The fourth-order valence-corrected chi connectivity index (χ4v) is 2.49. The molecule has 2 heterocycles. The third kappa shape index (κ3) is 2.48. The van der Waals surface area contributed by atoms with E-state index in [1.165, 1.54) is 11.5 Å². The molecule has 2 aromatic heterocycles. The molecule has 0 saturated heterocycles. The Balaban J connectivity index is 2.18. The van der Waals surface area contributed by atoms with Crippen molar-refractivity contribution in [3.05, 3.63) is 28.0 Å². The number of ketones is 1. The molecule has 2 rings (SSSR count). The molecule has 0 aliphatic carbocycles. The molecule has 0 bridgehead atoms. The molecule has 96 valence electrons. The third-order valence-corrected chi connectivity index (χ3v) is 3.68. The molecule has 0 aliphatic heterocycles. The van der Waals surface area contributed by atoms with E-state index in [0.717, 1.165) is 29.9 Å². The van der Waals surface area contributed by atoms with Crippen molar-refractivity contribution >= 4 is 17.3 Å². The summed E-state index contributed by atoms with van der Waals surface area (Å²) in [5.41, 5.74) is 2.74. The van der Waals surface area contributed by atoms with Gasteiger partial charge in [0.05, 0.1) is 17.8 Å². The first kappa shape index (κ1) is 12.9. The van der Waals surface area contributed by atoms with Crippen LogP contribution in [0.25, 0.3) is 0 Å². The van der Waals surface area contributed by atoms with Crippen LogP contribution in [0, 0.1) is 0 Å². The average molecular weight is 264 g/mol. The second kappa shape index (κ2) is 5.39. The highest BCUT2D eigenvalue weighted by molar-refractivity contribution is 7.08. The van der Waals surface area contributed by atoms with Crippen LogP contribution in [0.4, 0.5) is 0 Å². The van der Waals surface area contributed by atoms with Gasteiger partial charge in [-0.1, -0.05) is 18.3 Å². The largest absolute Gasteiger partial charge is 0.293 e. The first-order chi connectivity index (χ1) is 8.65. The first-order valence-electron chi connectivity index (χ1n) is 6.01. The SMILES string of the molecule is CCc1cc(CC(=O)c2snnc2CC)n(C)n1. The maximum Gasteiger partial charge on any atom is 0.182 e. The molecule has 0 aliphatic rings. The number of carbonyl (C=O) groups is 1. The van der Waals surface area contributed by atoms with E-state index >= 15 is 0 Å². The average Bonchev–Trinajstić information content (AvgIpc) is 2.96. The Morgan fingerprint density at radius 2 is 2.17 bits per heavy atom. The topological polar surface area (TPSA) is 60.7 Å². The highest BCUT2D eigenvalue weighted by atomic mass is 32.1. The van der Waals surface area contributed by atoms with Crippen LogP contribution in [0.3, 0.4) is 0 Å². The second-order valence-corrected chi connectivity index (χ2v) is 4.86. The van der Waals surface area contributed by atoms with E-state index < -0.39 is 0 Å². The van der Waals surface area contributed by atoms with Crippen molar-refractivity contribution in [1.82, 2.24) is 19.4 Å². The summed E-state index contributed by atoms with van der Waals surface area (Å²) in [5, 5.41) is 8.31. The lowest BCUT2D eigenvalue weighted by Gasteiger charge is -2.00. The fourth-order valence-electron chi connectivity index (χ4n) is 1.81. The Morgan fingerprint density at radius 1 is 1.39 bits per heavy atom. The summed E-state index contributed by atoms with van der Waals surface area (Å²) in [5.74, 6) is 0.0764. The van der Waals surface area contributed by atoms with Gasteiger partial charge < -0.3 is 0 Å². The Labute approximate surface area is 110 Å². The number of nitrogens with zero attached hydrogens (tertiary/aromatic N) is 4. The summed E-state index contributed by atoms with van der Waals surface area (Å²) in [4.78, 5) is 12.9. The van der Waals surface area contributed by atoms with Crippen LogP contribution in [-0.4, -0.2) is 25.2 Å². The monoisotopic (exact) mass is 264 g/mol. The molecular weight excluding hydrogens is 248 g/mol. The number of hydrogen-bond donors (Lipinski definition) is 0. The minimum atomic E-state index is 0.0764. The fraction of sp³-hybridized carbons (Fsp3) is 0.500. The standard InChI is InChI=1S/C12H16N4OS/c1-4-8-6-9(16(3)14-8)7-11(17)12-10(5-2)13-15-18-12/h6H,4-5,7H2,1-3H3. The van der Waals surface area contributed by atoms with Gasteiger partial charge in [-0.05, 0) is 30.4 Å². The van der Waals surface area contributed by atoms with Crippen molar-refractivity contribution in [3.63, 3.8) is 0 Å². The highest BCUT2D eigenvalue weighted by Gasteiger charge is 2.17. The third-order valence-electron chi connectivity index (χ3n) is 2.88. The molecule has 0 atom stereocenters. The number of hydrogen-bond acceptors (Lipinski definition) is 5. The molecule has 0 spiro atoms. The van der Waals surface area contributed by atoms with Gasteiger partial charge >= 0.3 is 0 Å². The van der Waals surface area contributed by atoms with Gasteiger partial charge in [0.1, 0.15) is 4.88 Å². The summed E-state index contributed by atoms with van der Waals surface area (Å²) in [6, 6.07) is 1.98. The quantitative estimate of drug-likeness (QED) is 0.773. The molecule has 0 N–H and O–H groups in total. The van der Waals surface area contributed by atoms with Crippen LogP contribution in [0.2, 0.25) is 0 Å². The zero-order valence-electron chi connectivity index (χ0n) is 10.8. The van der Waals surface area contributed by atoms with E-state index in [1.807, 2.05) is 20.0 Å². The normalized spacial score (nSPS) is 10.8. The highest BCUT2D eigenvalue weighted by Crippen LogP contribution is 2.15. The smallest absolute Gasteiger partial charge is 0.182 e. The summed E-state index contributed by atoms with van der Waals surface area (Å²) in [6.45, 7) is 4.03. The molecule has 0 fully saturated rings. The van der Waals surface area contributed by atoms with Crippen LogP contribution < -0.4 is 0 Å². The number of Topliss-reactive ketones (excluding diaryl/α,β-unsaturated/α-hetero) is 1. The van der Waals surface area contributed by atoms with Gasteiger partial charge in [0.25, 0.3) is 0 Å². The lowest BCUT2D eigenvalue weighted by molar-refractivity contribution is 0.0993. The molecule has 0 amide bonds. The van der Waals surface area contributed by atoms with Gasteiger partial charge in [-0.3, -0.25) is 9.48 Å². The summed E-state index contributed by atoms with van der Waals surface area (Å²) in [6.07, 6.45) is 1.98. The molecule has 0 aromatic carbocycles. The zero-order chi connectivity index (χ0) is 13.1. The molecule has 0 saturated carbocycles. The van der Waals surface area contributed by atoms with E-state index in [1.54, 1.807) is 4.68 Å². The van der Waals surface area contributed by atoms with Crippen LogP contribution in [0.5, 0.6) is 0 Å². The first-order valence-corrected chi connectivity index (χ1v) is 6.79. The van der Waals surface area contributed by atoms with Gasteiger partial charge in [-0.2, -0.15) is 5.10 Å². The molecule has 5 nitrogen and oxygen atoms in total. The van der Waals surface area contributed by atoms with Crippen molar-refractivity contribution < 1.29 is 4.79 Å². The van der Waals surface area contributed by atoms with Crippen molar-refractivity contribution in [1.29, 1.82) is 0 Å². The Bertz CT molecular complexity index is 558. The number of aromatic nitrogens is 4. The van der Waals surface area contributed by atoms with Crippen LogP contribution in [0.1, 0.15) is 40.6 Å². The lowest BCUT2D eigenvalue weighted by atomic mass is 10.1. The zero-order valence-corrected chi connectivity index (χ0v) is 11.6. The molecule has 2 aromatic rings. The minimum absolute atomic E-state index is 0.0764. The maximum atomic E-state index is 12.2. The van der Waals surface area contributed by atoms with E-state index in [0.29, 0.717) is 11.3 Å². The van der Waals surface area contributed by atoms with Crippen molar-refractivity contribution in [2.24, 2.45) is 7.05 Å². The Kier molecular flexibility index (Phi) is 3.86. The molecule has 6 heteroatoms. The van der Waals surface area contributed by atoms with Crippen LogP contribution in [-0.2, 0) is 26.3 Å². The van der Waals surface area contributed by atoms with Gasteiger partial charge in [0.15, 0.2) is 5.78 Å². The molecule has 0 unspecified atom stereocenters. The predicted molar refractivity (Wildman–Crippen MR) is 69.9 cm³/mol. The van der Waals surface area contributed by atoms with Gasteiger partial charge in [-0.15, -0.1) is 5.10 Å². The summed E-state index contributed by atoms with van der Waals surface area (Å²) < 4.78 is 5.62. The number of aryl methyl sites for hydroxylation is 3. The minimum Gasteiger partial charge on any atom is -0.293 e. The molecular formula is C12H16N4OS. The Morgan fingerprint density at radius 3 is 2.78 bits per heavy atom. The van der Waals surface area contributed by atoms with Crippen LogP contribution in [0.15, 0.2) is 6.07 Å². The molecule has 0 radical (unpaired) electrons. The summed E-state index contributed by atoms with van der Waals surface area (Å²) in [7, 11) is 1.87. The van der Waals surface area contributed by atoms with E-state index in [4.69, 9.17) is 0 Å². The van der Waals surface area contributed by atoms with Crippen LogP contribution >= 0.6 is 11.5 Å². The van der Waals surface area contributed by atoms with Gasteiger partial charge in [0.2, 0.25) is 0 Å². The van der Waals surface area contributed by atoms with E-state index in [9.17, 15) is 4.79 Å². The van der Waals surface area contributed by atoms with Crippen molar-refractivity contribution in [2.45, 2.75) is 33.1 Å². The van der Waals surface area contributed by atoms with Gasteiger partial charge in [0, 0.05) is 12.7 Å². The van der Waals surface area contributed by atoms with Crippen molar-refractivity contribution in [2.75, 3.05) is 0 Å². The van der Waals surface area contributed by atoms with Gasteiger partial charge in [-0.25, -0.2) is 0 Å². The number of carbonyl (C=O) groups excluding carboxylic acids is 1. The summed E-state index contributed by atoms with van der Waals surface area (Å²) >= 11 is 1.18. The molecule has 18 heavy (non-hydrogen) atoms. The van der Waals surface area contributed by atoms with E-state index in [-0.39, 0.29) is 5.78 Å². The predicted octanol–water partition coefficient (Wildman–Crippen LogP) is 1.82. The van der Waals surface area contributed by atoms with Crippen molar-refractivity contribution in [3.8, 4) is 0 Å². The maximum absolute atomic E-state index is 12.2. The number of rotatable bonds is 5. The Hall–Kier alpha value is -1.56. The van der Waals surface area contributed by atoms with E-state index in [2.05, 4.69) is 21.6 Å².